The second-order valence-corrected chi connectivity index (χ2v) is 6.43. The molecule has 1 atom stereocenters. The van der Waals surface area contributed by atoms with E-state index in [2.05, 4.69) is 33.8 Å². The largest absolute Gasteiger partial charge is 0.379 e. The number of aromatic nitrogens is 3. The second-order valence-electron chi connectivity index (χ2n) is 6.43. The zero-order valence-corrected chi connectivity index (χ0v) is 14.0. The molecule has 0 aromatic carbocycles. The molecular formula is C16H29N5O. The number of ether oxygens (including phenoxy) is 1. The highest BCUT2D eigenvalue weighted by atomic mass is 16.5. The zero-order valence-electron chi connectivity index (χ0n) is 14.0. The van der Waals surface area contributed by atoms with E-state index in [1.807, 2.05) is 0 Å². The van der Waals surface area contributed by atoms with E-state index in [-0.39, 0.29) is 0 Å². The smallest absolute Gasteiger partial charge is 0.0996 e. The molecule has 1 unspecified atom stereocenters. The first kappa shape index (κ1) is 15.9. The number of rotatable bonds is 4. The summed E-state index contributed by atoms with van der Waals surface area (Å²) in [5.41, 5.74) is 2.22. The Morgan fingerprint density at radius 1 is 1.09 bits per heavy atom. The minimum absolute atomic E-state index is 0.737. The summed E-state index contributed by atoms with van der Waals surface area (Å²) in [6.07, 6.45) is 3.86. The van der Waals surface area contributed by atoms with Crippen molar-refractivity contribution >= 4 is 0 Å². The molecule has 2 fully saturated rings. The van der Waals surface area contributed by atoms with Crippen molar-refractivity contribution in [2.45, 2.75) is 52.2 Å². The number of nitrogens with zero attached hydrogens (tertiary/aromatic N) is 5. The Bertz CT molecular complexity index is 469. The van der Waals surface area contributed by atoms with Crippen molar-refractivity contribution in [2.24, 2.45) is 0 Å². The van der Waals surface area contributed by atoms with E-state index in [9.17, 15) is 0 Å². The lowest BCUT2D eigenvalue weighted by atomic mass is 10.1. The molecule has 2 aliphatic rings. The molecule has 2 aliphatic heterocycles. The monoisotopic (exact) mass is 307 g/mol. The fourth-order valence-electron chi connectivity index (χ4n) is 3.57. The summed E-state index contributed by atoms with van der Waals surface area (Å²) in [5.74, 6) is 0. The Kier molecular flexibility index (Phi) is 5.44. The normalized spacial score (nSPS) is 25.3. The Balaban J connectivity index is 1.54. The first-order chi connectivity index (χ1) is 10.8. The molecule has 0 saturated carbocycles. The van der Waals surface area contributed by atoms with Gasteiger partial charge in [-0.25, -0.2) is 0 Å². The van der Waals surface area contributed by atoms with Crippen LogP contribution in [0.1, 0.15) is 37.6 Å². The minimum atomic E-state index is 0.737. The number of hydrogen-bond donors (Lipinski definition) is 0. The van der Waals surface area contributed by atoms with Gasteiger partial charge in [-0.1, -0.05) is 0 Å². The van der Waals surface area contributed by atoms with Gasteiger partial charge in [0, 0.05) is 32.2 Å². The van der Waals surface area contributed by atoms with Gasteiger partial charge in [0.05, 0.1) is 31.1 Å². The molecule has 124 valence electrons. The van der Waals surface area contributed by atoms with Crippen molar-refractivity contribution in [3.05, 3.63) is 11.4 Å². The van der Waals surface area contributed by atoms with E-state index in [0.717, 1.165) is 56.8 Å². The van der Waals surface area contributed by atoms with E-state index < -0.39 is 0 Å². The quantitative estimate of drug-likeness (QED) is 0.839. The summed E-state index contributed by atoms with van der Waals surface area (Å²) in [7, 11) is 0. The summed E-state index contributed by atoms with van der Waals surface area (Å²) in [6, 6.07) is 0.737. The molecule has 3 rings (SSSR count). The number of likely N-dealkylation sites (tertiary alicyclic amines) is 1. The van der Waals surface area contributed by atoms with E-state index in [0.29, 0.717) is 0 Å². The highest BCUT2D eigenvalue weighted by molar-refractivity contribution is 5.06. The van der Waals surface area contributed by atoms with Gasteiger partial charge in [-0.15, -0.1) is 0 Å². The summed E-state index contributed by atoms with van der Waals surface area (Å²) < 4.78 is 5.48. The van der Waals surface area contributed by atoms with Crippen LogP contribution in [0.4, 0.5) is 0 Å². The van der Waals surface area contributed by atoms with Gasteiger partial charge in [0.25, 0.3) is 0 Å². The highest BCUT2D eigenvalue weighted by Gasteiger charge is 2.24. The molecule has 0 aliphatic carbocycles. The molecule has 6 heteroatoms. The number of aryl methyl sites for hydroxylation is 2. The van der Waals surface area contributed by atoms with Crippen molar-refractivity contribution in [1.82, 2.24) is 24.8 Å². The van der Waals surface area contributed by atoms with E-state index >= 15 is 0 Å². The molecular weight excluding hydrogens is 278 g/mol. The van der Waals surface area contributed by atoms with Crippen molar-refractivity contribution in [1.29, 1.82) is 0 Å². The molecule has 0 radical (unpaired) electrons. The third-order valence-corrected chi connectivity index (χ3v) is 4.93. The minimum Gasteiger partial charge on any atom is -0.379 e. The van der Waals surface area contributed by atoms with Crippen LogP contribution in [0.5, 0.6) is 0 Å². The molecule has 1 aromatic rings. The lowest BCUT2D eigenvalue weighted by Gasteiger charge is -2.34. The van der Waals surface area contributed by atoms with Crippen LogP contribution >= 0.6 is 0 Å². The van der Waals surface area contributed by atoms with E-state index in [4.69, 9.17) is 4.74 Å². The average Bonchev–Trinajstić information content (AvgIpc) is 2.75. The molecule has 22 heavy (non-hydrogen) atoms. The topological polar surface area (TPSA) is 46.4 Å². The third-order valence-electron chi connectivity index (χ3n) is 4.93. The average molecular weight is 307 g/mol. The number of morpholine rings is 1. The van der Waals surface area contributed by atoms with Crippen LogP contribution in [-0.4, -0.2) is 70.2 Å². The fourth-order valence-corrected chi connectivity index (χ4v) is 3.57. The summed E-state index contributed by atoms with van der Waals surface area (Å²) in [5, 5.41) is 9.06. The SMILES string of the molecule is CCn1nc(C)c(CN2CCCC(N3CCOCC3)CC2)n1. The summed E-state index contributed by atoms with van der Waals surface area (Å²) >= 11 is 0. The van der Waals surface area contributed by atoms with Crippen LogP contribution in [0.15, 0.2) is 0 Å². The zero-order chi connectivity index (χ0) is 15.4. The van der Waals surface area contributed by atoms with Gasteiger partial charge in [-0.05, 0) is 39.7 Å². The van der Waals surface area contributed by atoms with Gasteiger partial charge in [-0.2, -0.15) is 15.0 Å². The van der Waals surface area contributed by atoms with Crippen molar-refractivity contribution < 1.29 is 4.74 Å². The Labute approximate surface area is 133 Å². The maximum Gasteiger partial charge on any atom is 0.0996 e. The van der Waals surface area contributed by atoms with Crippen LogP contribution in [-0.2, 0) is 17.8 Å². The highest BCUT2D eigenvalue weighted by Crippen LogP contribution is 2.19. The van der Waals surface area contributed by atoms with Crippen LogP contribution in [0, 0.1) is 6.92 Å². The predicted octanol–water partition coefficient (Wildman–Crippen LogP) is 1.29. The molecule has 0 spiro atoms. The number of hydrogen-bond acceptors (Lipinski definition) is 5. The lowest BCUT2D eigenvalue weighted by Crippen LogP contribution is -2.43. The van der Waals surface area contributed by atoms with Crippen LogP contribution in [0.3, 0.4) is 0 Å². The molecule has 0 N–H and O–H groups in total. The van der Waals surface area contributed by atoms with Gasteiger partial charge in [-0.3, -0.25) is 9.80 Å². The summed E-state index contributed by atoms with van der Waals surface area (Å²) in [6.45, 7) is 12.3. The van der Waals surface area contributed by atoms with Crippen molar-refractivity contribution in [3.8, 4) is 0 Å². The third kappa shape index (κ3) is 3.86. The molecule has 6 nitrogen and oxygen atoms in total. The van der Waals surface area contributed by atoms with E-state index in [1.54, 1.807) is 4.80 Å². The fraction of sp³-hybridized carbons (Fsp3) is 0.875. The van der Waals surface area contributed by atoms with Gasteiger partial charge in [0.1, 0.15) is 0 Å². The summed E-state index contributed by atoms with van der Waals surface area (Å²) in [4.78, 5) is 6.99. The maximum atomic E-state index is 5.48. The Hall–Kier alpha value is -0.980. The Morgan fingerprint density at radius 2 is 1.91 bits per heavy atom. The first-order valence-electron chi connectivity index (χ1n) is 8.71. The van der Waals surface area contributed by atoms with Gasteiger partial charge < -0.3 is 4.74 Å². The Morgan fingerprint density at radius 3 is 2.64 bits per heavy atom. The molecule has 3 heterocycles. The standard InChI is InChI=1S/C16H29N5O/c1-3-21-17-14(2)16(18-21)13-19-7-4-5-15(6-8-19)20-9-11-22-12-10-20/h15H,3-13H2,1-2H3. The molecule has 0 amide bonds. The second kappa shape index (κ2) is 7.53. The van der Waals surface area contributed by atoms with Crippen molar-refractivity contribution in [3.63, 3.8) is 0 Å². The van der Waals surface area contributed by atoms with Crippen molar-refractivity contribution in [2.75, 3.05) is 39.4 Å². The lowest BCUT2D eigenvalue weighted by molar-refractivity contribution is 0.0135. The maximum absolute atomic E-state index is 5.48. The van der Waals surface area contributed by atoms with Crippen LogP contribution in [0.2, 0.25) is 0 Å². The molecule has 1 aromatic heterocycles. The van der Waals surface area contributed by atoms with Gasteiger partial charge >= 0.3 is 0 Å². The van der Waals surface area contributed by atoms with Crippen LogP contribution in [0.25, 0.3) is 0 Å². The van der Waals surface area contributed by atoms with Crippen LogP contribution < -0.4 is 0 Å². The van der Waals surface area contributed by atoms with Gasteiger partial charge in [0.2, 0.25) is 0 Å². The van der Waals surface area contributed by atoms with Gasteiger partial charge in [0.15, 0.2) is 0 Å². The first-order valence-corrected chi connectivity index (χ1v) is 8.71. The van der Waals surface area contributed by atoms with E-state index in [1.165, 1.54) is 32.4 Å². The molecule has 2 saturated heterocycles. The molecule has 0 bridgehead atoms. The predicted molar refractivity (Wildman–Crippen MR) is 85.7 cm³/mol.